The van der Waals surface area contributed by atoms with Gasteiger partial charge in [-0.3, -0.25) is 4.79 Å². The second kappa shape index (κ2) is 6.22. The van der Waals surface area contributed by atoms with E-state index in [1.807, 2.05) is 48.0 Å². The summed E-state index contributed by atoms with van der Waals surface area (Å²) in [6.45, 7) is 1.85. The van der Waals surface area contributed by atoms with Gasteiger partial charge in [-0.25, -0.2) is 4.98 Å². The predicted molar refractivity (Wildman–Crippen MR) is 98.0 cm³/mol. The van der Waals surface area contributed by atoms with Gasteiger partial charge < -0.3 is 19.7 Å². The molecule has 26 heavy (non-hydrogen) atoms. The molecule has 1 atom stereocenters. The van der Waals surface area contributed by atoms with Crippen molar-refractivity contribution < 1.29 is 14.6 Å². The summed E-state index contributed by atoms with van der Waals surface area (Å²) < 4.78 is 7.20. The topological polar surface area (TPSA) is 76.4 Å². The van der Waals surface area contributed by atoms with Gasteiger partial charge in [-0.1, -0.05) is 0 Å². The number of benzene rings is 2. The summed E-state index contributed by atoms with van der Waals surface area (Å²) in [5.74, 6) is 1.47. The molecule has 0 unspecified atom stereocenters. The highest BCUT2D eigenvalue weighted by molar-refractivity contribution is 5.95. The Kier molecular flexibility index (Phi) is 3.88. The Labute approximate surface area is 151 Å². The van der Waals surface area contributed by atoms with Crippen molar-refractivity contribution in [3.05, 3.63) is 65.7 Å². The lowest BCUT2D eigenvalue weighted by Gasteiger charge is -2.26. The van der Waals surface area contributed by atoms with Crippen LogP contribution in [0.2, 0.25) is 0 Å². The number of imidazole rings is 1. The van der Waals surface area contributed by atoms with Crippen molar-refractivity contribution >= 4 is 11.6 Å². The number of methoxy groups -OCH3 is 1. The monoisotopic (exact) mass is 349 g/mol. The van der Waals surface area contributed by atoms with Gasteiger partial charge in [-0.2, -0.15) is 0 Å². The van der Waals surface area contributed by atoms with Crippen molar-refractivity contribution in [1.82, 2.24) is 9.55 Å². The van der Waals surface area contributed by atoms with Crippen molar-refractivity contribution in [1.29, 1.82) is 0 Å². The van der Waals surface area contributed by atoms with Gasteiger partial charge in [0.05, 0.1) is 13.0 Å². The number of hydrogen-bond donors (Lipinski definition) is 2. The summed E-state index contributed by atoms with van der Waals surface area (Å²) in [7, 11) is 1.63. The highest BCUT2D eigenvalue weighted by atomic mass is 16.5. The molecule has 0 fully saturated rings. The third-order valence-electron chi connectivity index (χ3n) is 4.74. The molecule has 0 bridgehead atoms. The Balaban J connectivity index is 1.81. The van der Waals surface area contributed by atoms with Gasteiger partial charge in [-0.05, 0) is 48.4 Å². The molecule has 1 aliphatic heterocycles. The number of aryl methyl sites for hydroxylation is 1. The molecule has 3 aromatic rings. The molecule has 0 saturated carbocycles. The second-order valence-corrected chi connectivity index (χ2v) is 6.38. The number of fused-ring (bicyclic) bond motifs is 1. The number of nitrogens with one attached hydrogen (secondary N) is 1. The van der Waals surface area contributed by atoms with Crippen LogP contribution in [0.25, 0.3) is 5.69 Å². The SMILES string of the molecule is COc1ccc(-n2ccnc2[C@H]2CC(=O)Nc3cc(O)c(C)cc32)cc1. The van der Waals surface area contributed by atoms with Gasteiger partial charge in [0, 0.05) is 36.3 Å². The number of rotatable bonds is 3. The predicted octanol–water partition coefficient (Wildman–Crippen LogP) is 3.37. The normalized spacial score (nSPS) is 16.1. The molecule has 0 radical (unpaired) electrons. The maximum atomic E-state index is 12.2. The zero-order chi connectivity index (χ0) is 18.3. The van der Waals surface area contributed by atoms with E-state index in [1.54, 1.807) is 19.4 Å². The summed E-state index contributed by atoms with van der Waals surface area (Å²) >= 11 is 0. The lowest BCUT2D eigenvalue weighted by atomic mass is 9.88. The first-order valence-corrected chi connectivity index (χ1v) is 8.38. The number of aromatic hydroxyl groups is 1. The number of anilines is 1. The number of phenolic OH excluding ortho intramolecular Hbond substituents is 1. The van der Waals surface area contributed by atoms with Crippen molar-refractivity contribution in [2.45, 2.75) is 19.3 Å². The molecule has 2 N–H and O–H groups in total. The fraction of sp³-hybridized carbons (Fsp3) is 0.200. The second-order valence-electron chi connectivity index (χ2n) is 6.38. The number of hydrogen-bond acceptors (Lipinski definition) is 4. The van der Waals surface area contributed by atoms with E-state index >= 15 is 0 Å². The van der Waals surface area contributed by atoms with Crippen molar-refractivity contribution in [2.75, 3.05) is 12.4 Å². The number of aromatic nitrogens is 2. The Morgan fingerprint density at radius 3 is 2.77 bits per heavy atom. The lowest BCUT2D eigenvalue weighted by Crippen LogP contribution is -2.25. The van der Waals surface area contributed by atoms with Crippen LogP contribution < -0.4 is 10.1 Å². The van der Waals surface area contributed by atoms with E-state index < -0.39 is 0 Å². The fourth-order valence-electron chi connectivity index (χ4n) is 3.38. The van der Waals surface area contributed by atoms with E-state index in [4.69, 9.17) is 4.74 Å². The van der Waals surface area contributed by atoms with Crippen molar-refractivity contribution in [2.24, 2.45) is 0 Å². The first kappa shape index (κ1) is 16.2. The lowest BCUT2D eigenvalue weighted by molar-refractivity contribution is -0.116. The van der Waals surface area contributed by atoms with Crippen LogP contribution in [0.15, 0.2) is 48.8 Å². The minimum Gasteiger partial charge on any atom is -0.508 e. The standard InChI is InChI=1S/C20H19N3O3/c1-12-9-15-16(10-19(25)22-17(15)11-18(12)24)20-21-7-8-23(20)13-3-5-14(26-2)6-4-13/h3-9,11,16,24H,10H2,1-2H3,(H,22,25)/t16-/m0/s1. The van der Waals surface area contributed by atoms with E-state index in [0.717, 1.165) is 28.4 Å². The molecule has 0 spiro atoms. The van der Waals surface area contributed by atoms with Crippen LogP contribution in [0, 0.1) is 6.92 Å². The molecule has 132 valence electrons. The largest absolute Gasteiger partial charge is 0.508 e. The van der Waals surface area contributed by atoms with E-state index in [-0.39, 0.29) is 17.6 Å². The smallest absolute Gasteiger partial charge is 0.225 e. The Bertz CT molecular complexity index is 976. The minimum absolute atomic E-state index is 0.0879. The van der Waals surface area contributed by atoms with Crippen LogP contribution >= 0.6 is 0 Å². The molecule has 6 heteroatoms. The number of carbonyl (C=O) groups excluding carboxylic acids is 1. The third-order valence-corrected chi connectivity index (χ3v) is 4.74. The van der Waals surface area contributed by atoms with Crippen LogP contribution in [0.5, 0.6) is 11.5 Å². The Hall–Kier alpha value is -3.28. The van der Waals surface area contributed by atoms with Crippen LogP contribution in [-0.4, -0.2) is 27.7 Å². The number of nitrogens with zero attached hydrogens (tertiary/aromatic N) is 2. The fourth-order valence-corrected chi connectivity index (χ4v) is 3.38. The highest BCUT2D eigenvalue weighted by Crippen LogP contribution is 2.40. The first-order chi connectivity index (χ1) is 12.6. The van der Waals surface area contributed by atoms with Gasteiger partial charge in [0.15, 0.2) is 0 Å². The number of phenols is 1. The Morgan fingerprint density at radius 1 is 1.27 bits per heavy atom. The number of amides is 1. The minimum atomic E-state index is -0.185. The molecule has 0 aliphatic carbocycles. The quantitative estimate of drug-likeness (QED) is 0.760. The van der Waals surface area contributed by atoms with Crippen LogP contribution in [0.4, 0.5) is 5.69 Å². The molecule has 4 rings (SSSR count). The molecule has 1 aliphatic rings. The average molecular weight is 349 g/mol. The summed E-state index contributed by atoms with van der Waals surface area (Å²) in [5.41, 5.74) is 3.31. The van der Waals surface area contributed by atoms with Crippen LogP contribution in [0.3, 0.4) is 0 Å². The van der Waals surface area contributed by atoms with Gasteiger partial charge in [0.1, 0.15) is 17.3 Å². The van der Waals surface area contributed by atoms with Gasteiger partial charge >= 0.3 is 0 Å². The first-order valence-electron chi connectivity index (χ1n) is 8.38. The molecule has 0 saturated heterocycles. The zero-order valence-electron chi connectivity index (χ0n) is 14.6. The van der Waals surface area contributed by atoms with Crippen molar-refractivity contribution in [3.8, 4) is 17.2 Å². The van der Waals surface area contributed by atoms with E-state index in [2.05, 4.69) is 10.3 Å². The third kappa shape index (κ3) is 2.69. The highest BCUT2D eigenvalue weighted by Gasteiger charge is 2.30. The molecule has 1 amide bonds. The molecule has 2 aromatic carbocycles. The van der Waals surface area contributed by atoms with Crippen LogP contribution in [0.1, 0.15) is 29.3 Å². The molecule has 6 nitrogen and oxygen atoms in total. The number of ether oxygens (including phenoxy) is 1. The molecular formula is C20H19N3O3. The average Bonchev–Trinajstić information content (AvgIpc) is 3.12. The van der Waals surface area contributed by atoms with Gasteiger partial charge in [-0.15, -0.1) is 0 Å². The summed E-state index contributed by atoms with van der Waals surface area (Å²) in [4.78, 5) is 16.7. The summed E-state index contributed by atoms with van der Waals surface area (Å²) in [6.07, 6.45) is 3.93. The van der Waals surface area contributed by atoms with E-state index in [1.165, 1.54) is 0 Å². The van der Waals surface area contributed by atoms with E-state index in [0.29, 0.717) is 12.1 Å². The van der Waals surface area contributed by atoms with Gasteiger partial charge in [0.2, 0.25) is 5.91 Å². The maximum Gasteiger partial charge on any atom is 0.225 e. The molecule has 2 heterocycles. The molecule has 1 aromatic heterocycles. The Morgan fingerprint density at radius 2 is 2.04 bits per heavy atom. The van der Waals surface area contributed by atoms with Crippen LogP contribution in [-0.2, 0) is 4.79 Å². The van der Waals surface area contributed by atoms with E-state index in [9.17, 15) is 9.90 Å². The number of carbonyl (C=O) groups is 1. The maximum absolute atomic E-state index is 12.2. The summed E-state index contributed by atoms with van der Waals surface area (Å²) in [5, 5.41) is 12.8. The van der Waals surface area contributed by atoms with Gasteiger partial charge in [0.25, 0.3) is 0 Å². The van der Waals surface area contributed by atoms with Crippen molar-refractivity contribution in [3.63, 3.8) is 0 Å². The molecular weight excluding hydrogens is 330 g/mol. The zero-order valence-corrected chi connectivity index (χ0v) is 14.6. The summed E-state index contributed by atoms with van der Waals surface area (Å²) in [6, 6.07) is 11.2.